The van der Waals surface area contributed by atoms with Gasteiger partial charge in [-0.25, -0.2) is 0 Å². The number of hydrogen-bond acceptors (Lipinski definition) is 2. The molecule has 1 aliphatic rings. The number of halogens is 3. The van der Waals surface area contributed by atoms with Gasteiger partial charge in [0, 0.05) is 12.6 Å². The van der Waals surface area contributed by atoms with Gasteiger partial charge in [-0.15, -0.1) is 0 Å². The van der Waals surface area contributed by atoms with Crippen LogP contribution in [0.15, 0.2) is 0 Å². The van der Waals surface area contributed by atoms with Gasteiger partial charge < -0.3 is 10.6 Å². The lowest BCUT2D eigenvalue weighted by Gasteiger charge is -2.34. The molecule has 19 heavy (non-hydrogen) atoms. The first-order valence-corrected chi connectivity index (χ1v) is 6.74. The molecule has 2 N–H and O–H groups in total. The highest BCUT2D eigenvalue weighted by molar-refractivity contribution is 5.79. The molecule has 1 amide bonds. The fourth-order valence-electron chi connectivity index (χ4n) is 2.32. The lowest BCUT2D eigenvalue weighted by molar-refractivity contribution is -0.169. The molecule has 1 aliphatic carbocycles. The normalized spacial score (nSPS) is 19.4. The zero-order valence-electron chi connectivity index (χ0n) is 11.7. The fourth-order valence-corrected chi connectivity index (χ4v) is 2.32. The first-order chi connectivity index (χ1) is 8.67. The monoisotopic (exact) mass is 280 g/mol. The van der Waals surface area contributed by atoms with Crippen LogP contribution < -0.4 is 5.73 Å². The van der Waals surface area contributed by atoms with E-state index in [0.717, 1.165) is 17.7 Å². The van der Waals surface area contributed by atoms with E-state index in [1.54, 1.807) is 6.92 Å². The third-order valence-corrected chi connectivity index (χ3v) is 3.80. The maximum Gasteiger partial charge on any atom is 0.406 e. The Balaban J connectivity index is 2.85. The molecular weight excluding hydrogens is 257 g/mol. The maximum atomic E-state index is 12.7. The van der Waals surface area contributed by atoms with Crippen LogP contribution in [0.5, 0.6) is 0 Å². The fraction of sp³-hybridized carbons (Fsp3) is 0.923. The summed E-state index contributed by atoms with van der Waals surface area (Å²) in [4.78, 5) is 13.3. The minimum atomic E-state index is -4.37. The summed E-state index contributed by atoms with van der Waals surface area (Å²) in [5.41, 5.74) is 5.54. The predicted molar refractivity (Wildman–Crippen MR) is 67.3 cm³/mol. The molecule has 2 unspecified atom stereocenters. The molecule has 0 heterocycles. The molecule has 0 bridgehead atoms. The summed E-state index contributed by atoms with van der Waals surface area (Å²) in [6.45, 7) is 4.23. The van der Waals surface area contributed by atoms with Crippen LogP contribution in [0, 0.1) is 17.8 Å². The third kappa shape index (κ3) is 4.67. The number of rotatable bonds is 6. The molecule has 0 aromatic heterocycles. The van der Waals surface area contributed by atoms with E-state index in [2.05, 4.69) is 0 Å². The first-order valence-electron chi connectivity index (χ1n) is 6.74. The zero-order chi connectivity index (χ0) is 14.8. The van der Waals surface area contributed by atoms with Crippen LogP contribution in [-0.2, 0) is 4.79 Å². The van der Waals surface area contributed by atoms with Crippen molar-refractivity contribution in [3.8, 4) is 0 Å². The Hall–Kier alpha value is -0.780. The van der Waals surface area contributed by atoms with Crippen molar-refractivity contribution in [2.75, 3.05) is 13.1 Å². The van der Waals surface area contributed by atoms with Crippen molar-refractivity contribution in [2.45, 2.75) is 45.8 Å². The van der Waals surface area contributed by atoms with Crippen LogP contribution in [0.3, 0.4) is 0 Å². The van der Waals surface area contributed by atoms with Crippen molar-refractivity contribution in [2.24, 2.45) is 23.5 Å². The summed E-state index contributed by atoms with van der Waals surface area (Å²) < 4.78 is 38.0. The number of nitrogens with two attached hydrogens (primary N) is 1. The van der Waals surface area contributed by atoms with E-state index in [0.29, 0.717) is 0 Å². The van der Waals surface area contributed by atoms with Gasteiger partial charge in [0.2, 0.25) is 5.91 Å². The molecule has 3 nitrogen and oxygen atoms in total. The average molecular weight is 280 g/mol. The number of carbonyl (C=O) groups is 1. The van der Waals surface area contributed by atoms with Gasteiger partial charge in [0.05, 0.1) is 5.92 Å². The minimum absolute atomic E-state index is 0.0559. The average Bonchev–Trinajstić information content (AvgIpc) is 3.07. The molecule has 0 aromatic rings. The molecule has 6 heteroatoms. The SMILES string of the molecule is CC(C)C(CN)C(=O)N(CC(F)(F)F)C(C)C1CC1. The van der Waals surface area contributed by atoms with E-state index in [1.165, 1.54) is 0 Å². The zero-order valence-corrected chi connectivity index (χ0v) is 11.7. The van der Waals surface area contributed by atoms with E-state index < -0.39 is 24.5 Å². The largest absolute Gasteiger partial charge is 0.406 e. The molecule has 1 rings (SSSR count). The second-order valence-electron chi connectivity index (χ2n) is 5.75. The molecule has 2 atom stereocenters. The van der Waals surface area contributed by atoms with Crippen LogP contribution in [0.2, 0.25) is 0 Å². The summed E-state index contributed by atoms with van der Waals surface area (Å²) >= 11 is 0. The molecule has 0 radical (unpaired) electrons. The molecule has 0 saturated heterocycles. The number of hydrogen-bond donors (Lipinski definition) is 1. The number of amides is 1. The van der Waals surface area contributed by atoms with Gasteiger partial charge in [-0.1, -0.05) is 13.8 Å². The van der Waals surface area contributed by atoms with Gasteiger partial charge in [0.15, 0.2) is 0 Å². The van der Waals surface area contributed by atoms with Crippen molar-refractivity contribution >= 4 is 5.91 Å². The summed E-state index contributed by atoms with van der Waals surface area (Å²) in [7, 11) is 0. The smallest absolute Gasteiger partial charge is 0.330 e. The van der Waals surface area contributed by atoms with E-state index >= 15 is 0 Å². The molecule has 1 saturated carbocycles. The van der Waals surface area contributed by atoms with E-state index in [-0.39, 0.29) is 24.4 Å². The van der Waals surface area contributed by atoms with E-state index in [1.807, 2.05) is 13.8 Å². The summed E-state index contributed by atoms with van der Waals surface area (Å²) in [5.74, 6) is -0.853. The Bertz CT molecular complexity index is 314. The van der Waals surface area contributed by atoms with Crippen molar-refractivity contribution in [1.29, 1.82) is 0 Å². The highest BCUT2D eigenvalue weighted by Crippen LogP contribution is 2.37. The third-order valence-electron chi connectivity index (χ3n) is 3.80. The highest BCUT2D eigenvalue weighted by Gasteiger charge is 2.42. The Kier molecular flexibility index (Phi) is 5.24. The summed E-state index contributed by atoms with van der Waals surface area (Å²) in [6.07, 6.45) is -2.56. The van der Waals surface area contributed by atoms with Crippen LogP contribution in [0.1, 0.15) is 33.6 Å². The quantitative estimate of drug-likeness (QED) is 0.812. The van der Waals surface area contributed by atoms with Gasteiger partial charge in [-0.05, 0) is 31.6 Å². The van der Waals surface area contributed by atoms with Crippen LogP contribution >= 0.6 is 0 Å². The topological polar surface area (TPSA) is 46.3 Å². The van der Waals surface area contributed by atoms with Crippen LogP contribution in [0.25, 0.3) is 0 Å². The molecule has 1 fully saturated rings. The second kappa shape index (κ2) is 6.11. The summed E-state index contributed by atoms with van der Waals surface area (Å²) in [6, 6.07) is -0.359. The molecular formula is C13H23F3N2O. The van der Waals surface area contributed by atoms with E-state index in [9.17, 15) is 18.0 Å². The van der Waals surface area contributed by atoms with Gasteiger partial charge >= 0.3 is 6.18 Å². The lowest BCUT2D eigenvalue weighted by atomic mass is 9.93. The summed E-state index contributed by atoms with van der Waals surface area (Å²) in [5, 5.41) is 0. The maximum absolute atomic E-state index is 12.7. The Morgan fingerprint density at radius 1 is 1.32 bits per heavy atom. The highest BCUT2D eigenvalue weighted by atomic mass is 19.4. The molecule has 0 aromatic carbocycles. The minimum Gasteiger partial charge on any atom is -0.330 e. The lowest BCUT2D eigenvalue weighted by Crippen LogP contribution is -2.50. The van der Waals surface area contributed by atoms with Crippen LogP contribution in [-0.4, -0.2) is 36.1 Å². The predicted octanol–water partition coefficient (Wildman–Crippen LogP) is 2.41. The van der Waals surface area contributed by atoms with E-state index in [4.69, 9.17) is 5.73 Å². The van der Waals surface area contributed by atoms with Crippen LogP contribution in [0.4, 0.5) is 13.2 Å². The molecule has 112 valence electrons. The van der Waals surface area contributed by atoms with Crippen molar-refractivity contribution in [3.05, 3.63) is 0 Å². The Labute approximate surface area is 112 Å². The van der Waals surface area contributed by atoms with Crippen molar-refractivity contribution in [3.63, 3.8) is 0 Å². The van der Waals surface area contributed by atoms with Gasteiger partial charge in [0.25, 0.3) is 0 Å². The van der Waals surface area contributed by atoms with Gasteiger partial charge in [-0.2, -0.15) is 13.2 Å². The van der Waals surface area contributed by atoms with Crippen molar-refractivity contribution < 1.29 is 18.0 Å². The Morgan fingerprint density at radius 3 is 2.16 bits per heavy atom. The van der Waals surface area contributed by atoms with Gasteiger partial charge in [-0.3, -0.25) is 4.79 Å². The van der Waals surface area contributed by atoms with Gasteiger partial charge in [0.1, 0.15) is 6.54 Å². The Morgan fingerprint density at radius 2 is 1.84 bits per heavy atom. The second-order valence-corrected chi connectivity index (χ2v) is 5.75. The standard InChI is InChI=1S/C13H23F3N2O/c1-8(2)11(6-17)12(19)18(7-13(14,15)16)9(3)10-4-5-10/h8-11H,4-7,17H2,1-3H3. The first kappa shape index (κ1) is 16.3. The number of carbonyl (C=O) groups excluding carboxylic acids is 1. The van der Waals surface area contributed by atoms with Crippen molar-refractivity contribution in [1.82, 2.24) is 4.90 Å². The molecule has 0 aliphatic heterocycles. The number of alkyl halides is 3. The number of nitrogens with zero attached hydrogens (tertiary/aromatic N) is 1. The molecule has 0 spiro atoms.